The molecule has 0 aromatic heterocycles. The van der Waals surface area contributed by atoms with Crippen LogP contribution in [0.25, 0.3) is 11.1 Å². The lowest BCUT2D eigenvalue weighted by Gasteiger charge is -2.30. The minimum Gasteiger partial charge on any atom is -0.450 e. The summed E-state index contributed by atoms with van der Waals surface area (Å²) in [6.45, 7) is 4.09. The van der Waals surface area contributed by atoms with E-state index in [1.807, 2.05) is 73.7 Å². The Morgan fingerprint density at radius 3 is 1.91 bits per heavy atom. The van der Waals surface area contributed by atoms with Gasteiger partial charge in [-0.25, -0.2) is 9.59 Å². The summed E-state index contributed by atoms with van der Waals surface area (Å²) in [5.74, 6) is -2.14. The van der Waals surface area contributed by atoms with Crippen LogP contribution in [0, 0.1) is 0 Å². The van der Waals surface area contributed by atoms with Crippen LogP contribution in [0.3, 0.4) is 0 Å². The third kappa shape index (κ3) is 4.03. The van der Waals surface area contributed by atoms with Crippen LogP contribution in [0.2, 0.25) is 0 Å². The van der Waals surface area contributed by atoms with E-state index < -0.39 is 18.1 Å². The molecule has 0 atom stereocenters. The lowest BCUT2D eigenvalue weighted by Crippen LogP contribution is -2.37. The van der Waals surface area contributed by atoms with Gasteiger partial charge in [-0.15, -0.1) is 0 Å². The van der Waals surface area contributed by atoms with E-state index in [9.17, 15) is 19.8 Å². The highest BCUT2D eigenvalue weighted by atomic mass is 16.8. The van der Waals surface area contributed by atoms with Gasteiger partial charge in [-0.3, -0.25) is 0 Å². The van der Waals surface area contributed by atoms with E-state index in [4.69, 9.17) is 9.47 Å². The van der Waals surface area contributed by atoms with Crippen LogP contribution < -0.4 is 0 Å². The Bertz CT molecular complexity index is 1230. The van der Waals surface area contributed by atoms with Crippen molar-refractivity contribution in [1.29, 1.82) is 0 Å². The van der Waals surface area contributed by atoms with Crippen molar-refractivity contribution in [3.63, 3.8) is 0 Å². The van der Waals surface area contributed by atoms with E-state index in [2.05, 4.69) is 6.92 Å². The second-order valence-electron chi connectivity index (χ2n) is 8.07. The van der Waals surface area contributed by atoms with E-state index in [-0.39, 0.29) is 0 Å². The van der Waals surface area contributed by atoms with E-state index in [0.717, 1.165) is 34.2 Å². The van der Waals surface area contributed by atoms with Gasteiger partial charge in [0.15, 0.2) is 0 Å². The smallest absolute Gasteiger partial charge is 0.450 e. The monoisotopic (exact) mass is 458 g/mol. The largest absolute Gasteiger partial charge is 0.509 e. The predicted octanol–water partition coefficient (Wildman–Crippen LogP) is 6.52. The quantitative estimate of drug-likeness (QED) is 0.309. The van der Waals surface area contributed by atoms with Crippen molar-refractivity contribution in [2.24, 2.45) is 0 Å². The zero-order valence-corrected chi connectivity index (χ0v) is 19.1. The summed E-state index contributed by atoms with van der Waals surface area (Å²) in [5, 5.41) is 19.5. The van der Waals surface area contributed by atoms with Crippen LogP contribution in [0.5, 0.6) is 0 Å². The summed E-state index contributed by atoms with van der Waals surface area (Å²) in [6, 6.07) is 22.5. The van der Waals surface area contributed by atoms with E-state index in [1.54, 1.807) is 6.07 Å². The van der Waals surface area contributed by atoms with Crippen molar-refractivity contribution in [3.05, 3.63) is 106 Å². The van der Waals surface area contributed by atoms with Gasteiger partial charge in [0.05, 0.1) is 5.57 Å². The molecule has 2 N–H and O–H groups in total. The first-order valence-electron chi connectivity index (χ1n) is 11.2. The molecule has 0 amide bonds. The molecule has 0 saturated heterocycles. The second kappa shape index (κ2) is 9.43. The molecule has 0 radical (unpaired) electrons. The first-order chi connectivity index (χ1) is 16.4. The fourth-order valence-electron chi connectivity index (χ4n) is 4.93. The van der Waals surface area contributed by atoms with Crippen LogP contribution in [-0.2, 0) is 34.5 Å². The molecule has 0 fully saturated rings. The maximum atomic E-state index is 12.0. The second-order valence-corrected chi connectivity index (χ2v) is 8.07. The van der Waals surface area contributed by atoms with E-state index in [1.165, 1.54) is 0 Å². The SMILES string of the molecule is CCc1ccc2c(c1CC)C(Cc1ccccc1)=C(c1ccccc1)C2(OC(=O)O)OC(=O)O. The Labute approximate surface area is 198 Å². The molecule has 0 unspecified atom stereocenters. The summed E-state index contributed by atoms with van der Waals surface area (Å²) in [7, 11) is 0. The Morgan fingerprint density at radius 2 is 1.38 bits per heavy atom. The van der Waals surface area contributed by atoms with Crippen molar-refractivity contribution in [1.82, 2.24) is 0 Å². The average Bonchev–Trinajstić information content (AvgIpc) is 3.07. The van der Waals surface area contributed by atoms with Crippen LogP contribution in [-0.4, -0.2) is 22.5 Å². The summed E-state index contributed by atoms with van der Waals surface area (Å²) < 4.78 is 10.8. The fourth-order valence-corrected chi connectivity index (χ4v) is 4.93. The fraction of sp³-hybridized carbons (Fsp3) is 0.214. The minimum absolute atomic E-state index is 0.385. The van der Waals surface area contributed by atoms with Crippen LogP contribution in [0.4, 0.5) is 9.59 Å². The van der Waals surface area contributed by atoms with Gasteiger partial charge in [-0.1, -0.05) is 80.6 Å². The lowest BCUT2D eigenvalue weighted by molar-refractivity contribution is -0.146. The minimum atomic E-state index is -2.14. The number of aryl methyl sites for hydroxylation is 1. The number of fused-ring (bicyclic) bond motifs is 1. The van der Waals surface area contributed by atoms with Crippen LogP contribution in [0.15, 0.2) is 72.8 Å². The van der Waals surface area contributed by atoms with Gasteiger partial charge in [0.25, 0.3) is 0 Å². The molecule has 0 bridgehead atoms. The first kappa shape index (κ1) is 23.1. The number of carboxylic acid groups (broad SMARTS) is 2. The molecule has 3 aromatic rings. The molecule has 0 spiro atoms. The zero-order valence-electron chi connectivity index (χ0n) is 19.1. The highest BCUT2D eigenvalue weighted by molar-refractivity contribution is 6.03. The molecule has 6 heteroatoms. The van der Waals surface area contributed by atoms with Gasteiger partial charge < -0.3 is 19.7 Å². The molecule has 3 aromatic carbocycles. The molecule has 4 rings (SSSR count). The van der Waals surface area contributed by atoms with Crippen molar-refractivity contribution < 1.29 is 29.3 Å². The molecule has 0 saturated carbocycles. The standard InChI is InChI=1S/C28H26O6/c1-3-19-15-16-23-24(21(19)4-2)22(17-18-11-7-5-8-12-18)25(20-13-9-6-10-14-20)28(23,33-26(29)30)34-27(31)32/h5-16H,3-4,17H2,1-2H3,(H,29,30)(H,31,32). The Kier molecular flexibility index (Phi) is 6.41. The normalized spacial score (nSPS) is 13.9. The molecular formula is C28H26O6. The Morgan fingerprint density at radius 1 is 0.794 bits per heavy atom. The third-order valence-electron chi connectivity index (χ3n) is 6.18. The maximum absolute atomic E-state index is 12.0. The molecule has 174 valence electrons. The van der Waals surface area contributed by atoms with Gasteiger partial charge >= 0.3 is 18.1 Å². The topological polar surface area (TPSA) is 93.1 Å². The lowest BCUT2D eigenvalue weighted by atomic mass is 9.88. The molecule has 34 heavy (non-hydrogen) atoms. The molecule has 6 nitrogen and oxygen atoms in total. The van der Waals surface area contributed by atoms with Gasteiger partial charge in [0.1, 0.15) is 0 Å². The Balaban J connectivity index is 2.14. The number of benzene rings is 3. The number of hydrogen-bond acceptors (Lipinski definition) is 4. The van der Waals surface area contributed by atoms with Crippen LogP contribution in [0.1, 0.15) is 47.2 Å². The molecule has 1 aliphatic carbocycles. The van der Waals surface area contributed by atoms with Gasteiger partial charge in [0.2, 0.25) is 0 Å². The number of hydrogen-bond donors (Lipinski definition) is 2. The van der Waals surface area contributed by atoms with Gasteiger partial charge in [-0.05, 0) is 58.7 Å². The molecule has 0 heterocycles. The number of allylic oxidation sites excluding steroid dienone is 1. The van der Waals surface area contributed by atoms with E-state index in [0.29, 0.717) is 29.5 Å². The van der Waals surface area contributed by atoms with Crippen molar-refractivity contribution in [3.8, 4) is 0 Å². The third-order valence-corrected chi connectivity index (χ3v) is 6.18. The molecule has 1 aliphatic rings. The number of carbonyl (C=O) groups is 2. The zero-order chi connectivity index (χ0) is 24.3. The number of ether oxygens (including phenoxy) is 2. The highest BCUT2D eigenvalue weighted by Crippen LogP contribution is 2.55. The predicted molar refractivity (Wildman–Crippen MR) is 128 cm³/mol. The van der Waals surface area contributed by atoms with Gasteiger partial charge in [-0.2, -0.15) is 0 Å². The highest BCUT2D eigenvalue weighted by Gasteiger charge is 2.54. The Hall–Kier alpha value is -4.06. The number of rotatable bonds is 7. The van der Waals surface area contributed by atoms with Crippen molar-refractivity contribution >= 4 is 23.5 Å². The van der Waals surface area contributed by atoms with Crippen molar-refractivity contribution in [2.75, 3.05) is 0 Å². The van der Waals surface area contributed by atoms with Gasteiger partial charge in [0, 0.05) is 5.56 Å². The van der Waals surface area contributed by atoms with Crippen LogP contribution >= 0.6 is 0 Å². The molecule has 0 aliphatic heterocycles. The summed E-state index contributed by atoms with van der Waals surface area (Å²) >= 11 is 0. The maximum Gasteiger partial charge on any atom is 0.509 e. The molecular weight excluding hydrogens is 432 g/mol. The average molecular weight is 459 g/mol. The summed E-state index contributed by atoms with van der Waals surface area (Å²) in [5.41, 5.74) is 6.14. The van der Waals surface area contributed by atoms with Crippen molar-refractivity contribution in [2.45, 2.75) is 38.9 Å². The first-order valence-corrected chi connectivity index (χ1v) is 11.2. The summed E-state index contributed by atoms with van der Waals surface area (Å²) in [4.78, 5) is 23.9. The van der Waals surface area contributed by atoms with E-state index >= 15 is 0 Å². The summed E-state index contributed by atoms with van der Waals surface area (Å²) in [6.07, 6.45) is -1.34.